The van der Waals surface area contributed by atoms with Gasteiger partial charge in [0.2, 0.25) is 0 Å². The molecule has 0 aromatic heterocycles. The summed E-state index contributed by atoms with van der Waals surface area (Å²) in [6.45, 7) is 15.5. The highest BCUT2D eigenvalue weighted by molar-refractivity contribution is 4.99. The summed E-state index contributed by atoms with van der Waals surface area (Å²) < 4.78 is 0. The number of rotatable bonds is 4. The van der Waals surface area contributed by atoms with Crippen molar-refractivity contribution in [3.63, 3.8) is 0 Å². The Morgan fingerprint density at radius 2 is 1.94 bits per heavy atom. The van der Waals surface area contributed by atoms with Crippen LogP contribution < -0.4 is 5.32 Å². The van der Waals surface area contributed by atoms with E-state index < -0.39 is 0 Å². The first-order valence-electron chi connectivity index (χ1n) is 7.84. The normalized spacial score (nSPS) is 32.5. The Morgan fingerprint density at radius 3 is 2.44 bits per heavy atom. The fraction of sp³-hybridized carbons (Fsp3) is 1.00. The fourth-order valence-corrected chi connectivity index (χ4v) is 3.35. The molecule has 1 aliphatic carbocycles. The smallest absolute Gasteiger partial charge is 0.0244 e. The Balaban J connectivity index is 1.94. The summed E-state index contributed by atoms with van der Waals surface area (Å²) in [6.07, 6.45) is 5.72. The molecule has 0 aromatic carbocycles. The maximum Gasteiger partial charge on any atom is 0.0244 e. The molecule has 1 saturated carbocycles. The van der Waals surface area contributed by atoms with Gasteiger partial charge in [0.1, 0.15) is 0 Å². The molecular weight excluding hydrogens is 220 g/mol. The van der Waals surface area contributed by atoms with Gasteiger partial charge in [-0.2, -0.15) is 0 Å². The molecule has 106 valence electrons. The summed E-state index contributed by atoms with van der Waals surface area (Å²) in [7, 11) is 0. The standard InChI is InChI=1S/C16H32N2/c1-6-7-16(8-9-16)12-18-11-14(15(3,4)5)17-10-13(18)2/h13-14,17H,6-12H2,1-5H3. The van der Waals surface area contributed by atoms with Crippen LogP contribution in [0.5, 0.6) is 0 Å². The molecular formula is C16H32N2. The van der Waals surface area contributed by atoms with Gasteiger partial charge in [-0.25, -0.2) is 0 Å². The van der Waals surface area contributed by atoms with Crippen molar-refractivity contribution in [1.29, 1.82) is 0 Å². The average molecular weight is 252 g/mol. The van der Waals surface area contributed by atoms with Crippen LogP contribution in [-0.4, -0.2) is 36.6 Å². The number of piperazine rings is 1. The summed E-state index contributed by atoms with van der Waals surface area (Å²) in [4.78, 5) is 2.76. The maximum atomic E-state index is 3.74. The summed E-state index contributed by atoms with van der Waals surface area (Å²) in [6, 6.07) is 1.35. The number of nitrogens with one attached hydrogen (secondary N) is 1. The van der Waals surface area contributed by atoms with Crippen LogP contribution in [0.25, 0.3) is 0 Å². The maximum absolute atomic E-state index is 3.74. The van der Waals surface area contributed by atoms with Gasteiger partial charge >= 0.3 is 0 Å². The molecule has 0 radical (unpaired) electrons. The lowest BCUT2D eigenvalue weighted by molar-refractivity contribution is 0.0735. The van der Waals surface area contributed by atoms with E-state index in [1.807, 2.05) is 0 Å². The van der Waals surface area contributed by atoms with E-state index >= 15 is 0 Å². The zero-order chi connectivity index (χ0) is 13.4. The Bertz CT molecular complexity index is 275. The number of nitrogens with zero attached hydrogens (tertiary/aromatic N) is 1. The predicted octanol–water partition coefficient (Wildman–Crippen LogP) is 3.28. The van der Waals surface area contributed by atoms with Crippen LogP contribution in [0.1, 0.15) is 60.3 Å². The molecule has 0 aromatic rings. The van der Waals surface area contributed by atoms with Crippen LogP contribution in [0.15, 0.2) is 0 Å². The molecule has 1 saturated heterocycles. The topological polar surface area (TPSA) is 15.3 Å². The molecule has 2 heteroatoms. The van der Waals surface area contributed by atoms with Crippen LogP contribution in [-0.2, 0) is 0 Å². The summed E-state index contributed by atoms with van der Waals surface area (Å²) in [5, 5.41) is 3.74. The Kier molecular flexibility index (Phi) is 4.08. The Hall–Kier alpha value is -0.0800. The monoisotopic (exact) mass is 252 g/mol. The molecule has 2 aliphatic rings. The van der Waals surface area contributed by atoms with Crippen molar-refractivity contribution in [2.24, 2.45) is 10.8 Å². The molecule has 0 spiro atoms. The second-order valence-corrected chi connectivity index (χ2v) is 7.86. The molecule has 2 rings (SSSR count). The lowest BCUT2D eigenvalue weighted by Gasteiger charge is -2.45. The predicted molar refractivity (Wildman–Crippen MR) is 78.9 cm³/mol. The van der Waals surface area contributed by atoms with Crippen molar-refractivity contribution < 1.29 is 0 Å². The van der Waals surface area contributed by atoms with Crippen molar-refractivity contribution in [1.82, 2.24) is 10.2 Å². The number of hydrogen-bond acceptors (Lipinski definition) is 2. The van der Waals surface area contributed by atoms with Gasteiger partial charge in [0.05, 0.1) is 0 Å². The minimum atomic E-state index is 0.375. The molecule has 0 amide bonds. The molecule has 2 fully saturated rings. The van der Waals surface area contributed by atoms with Crippen molar-refractivity contribution in [2.75, 3.05) is 19.6 Å². The van der Waals surface area contributed by atoms with Crippen LogP contribution in [0.4, 0.5) is 0 Å². The zero-order valence-corrected chi connectivity index (χ0v) is 13.1. The third-order valence-electron chi connectivity index (χ3n) is 5.02. The number of hydrogen-bond donors (Lipinski definition) is 1. The molecule has 0 bridgehead atoms. The first-order chi connectivity index (χ1) is 8.36. The first kappa shape index (κ1) is 14.3. The zero-order valence-electron chi connectivity index (χ0n) is 13.1. The minimum absolute atomic E-state index is 0.375. The summed E-state index contributed by atoms with van der Waals surface area (Å²) in [5.41, 5.74) is 1.07. The van der Waals surface area contributed by atoms with E-state index in [0.29, 0.717) is 22.9 Å². The highest BCUT2D eigenvalue weighted by Crippen LogP contribution is 2.50. The molecule has 1 heterocycles. The molecule has 18 heavy (non-hydrogen) atoms. The van der Waals surface area contributed by atoms with Gasteiger partial charge in [-0.1, -0.05) is 34.1 Å². The van der Waals surface area contributed by atoms with Gasteiger partial charge in [0.25, 0.3) is 0 Å². The van der Waals surface area contributed by atoms with Crippen LogP contribution in [0.3, 0.4) is 0 Å². The van der Waals surface area contributed by atoms with E-state index in [2.05, 4.69) is 44.8 Å². The van der Waals surface area contributed by atoms with E-state index in [-0.39, 0.29) is 0 Å². The molecule has 2 atom stereocenters. The van der Waals surface area contributed by atoms with E-state index in [0.717, 1.165) is 6.54 Å². The third kappa shape index (κ3) is 3.27. The van der Waals surface area contributed by atoms with Gasteiger partial charge < -0.3 is 5.32 Å². The first-order valence-corrected chi connectivity index (χ1v) is 7.84. The largest absolute Gasteiger partial charge is 0.311 e. The highest BCUT2D eigenvalue weighted by atomic mass is 15.2. The summed E-state index contributed by atoms with van der Waals surface area (Å²) >= 11 is 0. The quantitative estimate of drug-likeness (QED) is 0.826. The van der Waals surface area contributed by atoms with Crippen molar-refractivity contribution >= 4 is 0 Å². The van der Waals surface area contributed by atoms with E-state index in [1.54, 1.807) is 0 Å². The van der Waals surface area contributed by atoms with Crippen molar-refractivity contribution in [2.45, 2.75) is 72.4 Å². The second kappa shape index (κ2) is 5.13. The highest BCUT2D eigenvalue weighted by Gasteiger charge is 2.44. The van der Waals surface area contributed by atoms with E-state index in [9.17, 15) is 0 Å². The van der Waals surface area contributed by atoms with E-state index in [1.165, 1.54) is 38.8 Å². The van der Waals surface area contributed by atoms with Crippen molar-refractivity contribution in [3.8, 4) is 0 Å². The van der Waals surface area contributed by atoms with Gasteiger partial charge in [-0.3, -0.25) is 4.90 Å². The van der Waals surface area contributed by atoms with Gasteiger partial charge in [-0.05, 0) is 37.0 Å². The Labute approximate surface area is 114 Å². The second-order valence-electron chi connectivity index (χ2n) is 7.86. The lowest BCUT2D eigenvalue weighted by atomic mass is 9.84. The average Bonchev–Trinajstić information content (AvgIpc) is 3.00. The van der Waals surface area contributed by atoms with Crippen LogP contribution >= 0.6 is 0 Å². The summed E-state index contributed by atoms with van der Waals surface area (Å²) in [5.74, 6) is 0. The van der Waals surface area contributed by atoms with Gasteiger partial charge in [0.15, 0.2) is 0 Å². The molecule has 2 nitrogen and oxygen atoms in total. The third-order valence-corrected chi connectivity index (χ3v) is 5.02. The molecule has 1 N–H and O–H groups in total. The van der Waals surface area contributed by atoms with Crippen LogP contribution in [0.2, 0.25) is 0 Å². The minimum Gasteiger partial charge on any atom is -0.311 e. The van der Waals surface area contributed by atoms with Gasteiger partial charge in [-0.15, -0.1) is 0 Å². The molecule has 2 unspecified atom stereocenters. The Morgan fingerprint density at radius 1 is 1.28 bits per heavy atom. The van der Waals surface area contributed by atoms with Crippen molar-refractivity contribution in [3.05, 3.63) is 0 Å². The van der Waals surface area contributed by atoms with Crippen LogP contribution in [0, 0.1) is 10.8 Å². The SMILES string of the molecule is CCCC1(CN2CC(C(C)(C)C)NCC2C)CC1. The van der Waals surface area contributed by atoms with Gasteiger partial charge in [0, 0.05) is 31.7 Å². The van der Waals surface area contributed by atoms with E-state index in [4.69, 9.17) is 0 Å². The lowest BCUT2D eigenvalue weighted by Crippen LogP contribution is -2.60. The molecule has 1 aliphatic heterocycles. The fourth-order valence-electron chi connectivity index (χ4n) is 3.35.